The first-order valence-corrected chi connectivity index (χ1v) is 11.9. The van der Waals surface area contributed by atoms with Gasteiger partial charge in [0.05, 0.1) is 18.3 Å². The van der Waals surface area contributed by atoms with Crippen LogP contribution in [0.15, 0.2) is 38.6 Å². The molecule has 0 bridgehead atoms. The van der Waals surface area contributed by atoms with Crippen LogP contribution in [0.5, 0.6) is 5.75 Å². The van der Waals surface area contributed by atoms with Crippen LogP contribution in [0.3, 0.4) is 0 Å². The number of ether oxygens (including phenoxy) is 1. The molecule has 9 heteroatoms. The molecule has 0 saturated carbocycles. The Kier molecular flexibility index (Phi) is 6.68. The summed E-state index contributed by atoms with van der Waals surface area (Å²) in [5.41, 5.74) is 2.75. The van der Waals surface area contributed by atoms with Crippen molar-refractivity contribution in [3.63, 3.8) is 0 Å². The number of rotatable bonds is 7. The van der Waals surface area contributed by atoms with E-state index in [9.17, 15) is 9.90 Å². The van der Waals surface area contributed by atoms with E-state index >= 15 is 0 Å². The van der Waals surface area contributed by atoms with E-state index in [0.717, 1.165) is 38.8 Å². The quantitative estimate of drug-likeness (QED) is 0.344. The third-order valence-electron chi connectivity index (χ3n) is 5.07. The molecule has 166 valence electrons. The maximum absolute atomic E-state index is 13.5. The molecular formula is C23H23BrN4O3S. The summed E-state index contributed by atoms with van der Waals surface area (Å²) in [6, 6.07) is 7.03. The van der Waals surface area contributed by atoms with E-state index in [1.54, 1.807) is 25.3 Å². The number of unbranched alkanes of at least 4 members (excludes halogenated alkanes) is 1. The number of thiophene rings is 1. The van der Waals surface area contributed by atoms with E-state index in [1.807, 2.05) is 13.0 Å². The predicted octanol–water partition coefficient (Wildman–Crippen LogP) is 5.15. The molecule has 0 saturated heterocycles. The minimum absolute atomic E-state index is 0.0832. The number of aromatic hydroxyl groups is 1. The summed E-state index contributed by atoms with van der Waals surface area (Å²) in [7, 11) is 1.65. The molecule has 0 atom stereocenters. The van der Waals surface area contributed by atoms with Gasteiger partial charge in [-0.1, -0.05) is 29.3 Å². The second kappa shape index (κ2) is 9.48. The number of nitrogens with zero attached hydrogens (tertiary/aromatic N) is 4. The number of hydrogen-bond acceptors (Lipinski definition) is 7. The molecule has 32 heavy (non-hydrogen) atoms. The molecule has 4 rings (SSSR count). The SMILES string of the molecule is CCCCc1nc2c(sc3nc(C)cc(COC)c32)c(=O)n1N=Cc1cc(Br)ccc1O. The number of benzene rings is 1. The van der Waals surface area contributed by atoms with Crippen molar-refractivity contribution in [2.24, 2.45) is 5.10 Å². The first-order chi connectivity index (χ1) is 15.4. The smallest absolute Gasteiger partial charge is 0.292 e. The largest absolute Gasteiger partial charge is 0.507 e. The van der Waals surface area contributed by atoms with Gasteiger partial charge in [-0.25, -0.2) is 9.97 Å². The van der Waals surface area contributed by atoms with Crippen LogP contribution in [0.2, 0.25) is 0 Å². The Bertz CT molecular complexity index is 1390. The van der Waals surface area contributed by atoms with Gasteiger partial charge >= 0.3 is 0 Å². The van der Waals surface area contributed by atoms with E-state index in [-0.39, 0.29) is 11.3 Å². The number of phenolic OH excluding ortho intramolecular Hbond substituents is 1. The Morgan fingerprint density at radius 3 is 2.88 bits per heavy atom. The predicted molar refractivity (Wildman–Crippen MR) is 132 cm³/mol. The number of hydrogen-bond donors (Lipinski definition) is 1. The average Bonchev–Trinajstić information content (AvgIpc) is 3.12. The molecule has 0 spiro atoms. The molecule has 4 aromatic rings. The van der Waals surface area contributed by atoms with Gasteiger partial charge < -0.3 is 9.84 Å². The first-order valence-electron chi connectivity index (χ1n) is 10.3. The van der Waals surface area contributed by atoms with Gasteiger partial charge in [-0.3, -0.25) is 4.79 Å². The Labute approximate surface area is 197 Å². The summed E-state index contributed by atoms with van der Waals surface area (Å²) in [4.78, 5) is 23.8. The molecule has 1 N–H and O–H groups in total. The highest BCUT2D eigenvalue weighted by atomic mass is 79.9. The zero-order chi connectivity index (χ0) is 22.8. The van der Waals surface area contributed by atoms with Crippen LogP contribution in [-0.4, -0.2) is 33.1 Å². The number of pyridine rings is 1. The second-order valence-electron chi connectivity index (χ2n) is 7.51. The number of fused-ring (bicyclic) bond motifs is 3. The van der Waals surface area contributed by atoms with Gasteiger partial charge in [-0.15, -0.1) is 11.3 Å². The summed E-state index contributed by atoms with van der Waals surface area (Å²) >= 11 is 4.72. The molecule has 0 aliphatic heterocycles. The van der Waals surface area contributed by atoms with Gasteiger partial charge in [0.1, 0.15) is 21.1 Å². The molecule has 0 aliphatic rings. The lowest BCUT2D eigenvalue weighted by Gasteiger charge is -2.08. The highest BCUT2D eigenvalue weighted by Gasteiger charge is 2.19. The zero-order valence-electron chi connectivity index (χ0n) is 18.1. The fraction of sp³-hybridized carbons (Fsp3) is 0.304. The van der Waals surface area contributed by atoms with E-state index < -0.39 is 0 Å². The highest BCUT2D eigenvalue weighted by molar-refractivity contribution is 9.10. The van der Waals surface area contributed by atoms with E-state index in [4.69, 9.17) is 9.72 Å². The average molecular weight is 515 g/mol. The maximum Gasteiger partial charge on any atom is 0.292 e. The van der Waals surface area contributed by atoms with E-state index in [2.05, 4.69) is 32.9 Å². The maximum atomic E-state index is 13.5. The minimum Gasteiger partial charge on any atom is -0.507 e. The summed E-state index contributed by atoms with van der Waals surface area (Å²) in [6.07, 6.45) is 3.93. The number of aryl methyl sites for hydroxylation is 2. The lowest BCUT2D eigenvalue weighted by Crippen LogP contribution is -2.21. The van der Waals surface area contributed by atoms with Crippen molar-refractivity contribution in [3.05, 3.63) is 61.7 Å². The van der Waals surface area contributed by atoms with Gasteiger partial charge in [0, 0.05) is 34.6 Å². The zero-order valence-corrected chi connectivity index (χ0v) is 20.5. The number of aromatic nitrogens is 3. The number of halogens is 1. The summed E-state index contributed by atoms with van der Waals surface area (Å²) < 4.78 is 8.04. The van der Waals surface area contributed by atoms with Gasteiger partial charge in [-0.05, 0) is 43.2 Å². The molecule has 3 heterocycles. The molecule has 0 fully saturated rings. The normalized spacial score (nSPS) is 11.9. The van der Waals surface area contributed by atoms with Gasteiger partial charge in [0.25, 0.3) is 5.56 Å². The van der Waals surface area contributed by atoms with Gasteiger partial charge in [0.2, 0.25) is 0 Å². The van der Waals surface area contributed by atoms with Crippen LogP contribution >= 0.6 is 27.3 Å². The highest BCUT2D eigenvalue weighted by Crippen LogP contribution is 2.33. The van der Waals surface area contributed by atoms with Crippen LogP contribution in [0, 0.1) is 6.92 Å². The fourth-order valence-electron chi connectivity index (χ4n) is 3.57. The van der Waals surface area contributed by atoms with Crippen LogP contribution in [0.1, 0.15) is 42.4 Å². The third-order valence-corrected chi connectivity index (χ3v) is 6.63. The van der Waals surface area contributed by atoms with Crippen LogP contribution in [-0.2, 0) is 17.8 Å². The number of phenols is 1. The Morgan fingerprint density at radius 1 is 1.31 bits per heavy atom. The summed E-state index contributed by atoms with van der Waals surface area (Å²) in [5.74, 6) is 0.665. The molecule has 0 aliphatic carbocycles. The van der Waals surface area contributed by atoms with E-state index in [1.165, 1.54) is 22.2 Å². The standard InChI is InChI=1S/C23H23BrN4O3S/c1-4-5-6-18-27-20-19-15(12-31-3)9-13(2)26-22(19)32-21(20)23(30)28(18)25-11-14-10-16(24)7-8-17(14)29/h7-11,29H,4-6,12H2,1-3H3. The van der Waals surface area contributed by atoms with Crippen LogP contribution in [0.25, 0.3) is 20.4 Å². The van der Waals surface area contributed by atoms with Crippen LogP contribution in [0.4, 0.5) is 0 Å². The van der Waals surface area contributed by atoms with Crippen molar-refractivity contribution in [2.45, 2.75) is 39.7 Å². The molecule has 0 amide bonds. The number of methoxy groups -OCH3 is 1. The van der Waals surface area contributed by atoms with E-state index in [0.29, 0.717) is 34.6 Å². The van der Waals surface area contributed by atoms with Crippen molar-refractivity contribution in [3.8, 4) is 5.75 Å². The fourth-order valence-corrected chi connectivity index (χ4v) is 5.08. The molecule has 3 aromatic heterocycles. The Hall–Kier alpha value is -2.62. The molecule has 0 unspecified atom stereocenters. The topological polar surface area (TPSA) is 89.6 Å². The molecule has 0 radical (unpaired) electrons. The van der Waals surface area contributed by atoms with Crippen molar-refractivity contribution in [2.75, 3.05) is 7.11 Å². The van der Waals surface area contributed by atoms with Crippen LogP contribution < -0.4 is 5.56 Å². The van der Waals surface area contributed by atoms with Crippen molar-refractivity contribution >= 4 is 53.9 Å². The van der Waals surface area contributed by atoms with Gasteiger partial charge in [0.15, 0.2) is 0 Å². The van der Waals surface area contributed by atoms with Crippen molar-refractivity contribution in [1.29, 1.82) is 0 Å². The third kappa shape index (κ3) is 4.32. The molecule has 7 nitrogen and oxygen atoms in total. The monoisotopic (exact) mass is 514 g/mol. The summed E-state index contributed by atoms with van der Waals surface area (Å²) in [5, 5.41) is 15.4. The molecule has 1 aromatic carbocycles. The van der Waals surface area contributed by atoms with Crippen molar-refractivity contribution in [1.82, 2.24) is 14.6 Å². The van der Waals surface area contributed by atoms with Gasteiger partial charge in [-0.2, -0.15) is 9.78 Å². The Morgan fingerprint density at radius 2 is 2.12 bits per heavy atom. The summed E-state index contributed by atoms with van der Waals surface area (Å²) in [6.45, 7) is 4.43. The minimum atomic E-state index is -0.240. The second-order valence-corrected chi connectivity index (χ2v) is 9.43. The Balaban J connectivity index is 1.96. The van der Waals surface area contributed by atoms with Crippen molar-refractivity contribution < 1.29 is 9.84 Å². The lowest BCUT2D eigenvalue weighted by atomic mass is 10.1. The first kappa shape index (κ1) is 22.6. The molecular weight excluding hydrogens is 492 g/mol. The lowest BCUT2D eigenvalue weighted by molar-refractivity contribution is 0.186.